The lowest BCUT2D eigenvalue weighted by atomic mass is 9.97. The van der Waals surface area contributed by atoms with Crippen molar-refractivity contribution in [3.8, 4) is 0 Å². The largest absolute Gasteiger partial charge is 0.356 e. The molecule has 1 N–H and O–H groups in total. The van der Waals surface area contributed by atoms with Gasteiger partial charge >= 0.3 is 0 Å². The van der Waals surface area contributed by atoms with Crippen LogP contribution >= 0.6 is 11.8 Å². The van der Waals surface area contributed by atoms with E-state index in [9.17, 15) is 13.2 Å². The smallest absolute Gasteiger partial charge is 0.223 e. The van der Waals surface area contributed by atoms with Crippen molar-refractivity contribution in [3.63, 3.8) is 0 Å². The predicted molar refractivity (Wildman–Crippen MR) is 96.1 cm³/mol. The molecule has 23 heavy (non-hydrogen) atoms. The van der Waals surface area contributed by atoms with Gasteiger partial charge in [0.25, 0.3) is 0 Å². The monoisotopic (exact) mass is 362 g/mol. The van der Waals surface area contributed by atoms with E-state index in [1.807, 2.05) is 0 Å². The number of nitrogens with zero attached hydrogens (tertiary/aromatic N) is 1. The van der Waals surface area contributed by atoms with Crippen molar-refractivity contribution >= 4 is 27.7 Å². The highest BCUT2D eigenvalue weighted by Gasteiger charge is 2.28. The molecule has 0 bridgehead atoms. The van der Waals surface area contributed by atoms with E-state index in [1.54, 1.807) is 0 Å². The number of nitrogens with one attached hydrogen (secondary N) is 1. The molecule has 1 saturated carbocycles. The lowest BCUT2D eigenvalue weighted by Gasteiger charge is -2.29. The molecule has 1 amide bonds. The molecule has 7 heteroatoms. The van der Waals surface area contributed by atoms with E-state index < -0.39 is 10.0 Å². The molecule has 134 valence electrons. The van der Waals surface area contributed by atoms with Crippen LogP contribution in [0.1, 0.15) is 51.4 Å². The molecule has 1 saturated heterocycles. The molecule has 0 atom stereocenters. The summed E-state index contributed by atoms with van der Waals surface area (Å²) < 4.78 is 24.4. The van der Waals surface area contributed by atoms with Crippen molar-refractivity contribution in [2.75, 3.05) is 31.6 Å². The zero-order valence-corrected chi connectivity index (χ0v) is 15.8. The summed E-state index contributed by atoms with van der Waals surface area (Å²) in [6.07, 6.45) is 10.4. The van der Waals surface area contributed by atoms with E-state index >= 15 is 0 Å². The molecule has 1 heterocycles. The highest BCUT2D eigenvalue weighted by Crippen LogP contribution is 2.28. The summed E-state index contributed by atoms with van der Waals surface area (Å²) in [4.78, 5) is 12.1. The summed E-state index contributed by atoms with van der Waals surface area (Å²) in [5, 5.41) is 3.86. The van der Waals surface area contributed by atoms with Gasteiger partial charge in [0, 0.05) is 30.8 Å². The SMILES string of the molecule is CS(=O)(=O)N1CCC(C(=O)NCCCSC2CCCCC2)CC1. The topological polar surface area (TPSA) is 66.5 Å². The molecule has 0 spiro atoms. The normalized spacial score (nSPS) is 22.1. The zero-order valence-electron chi connectivity index (χ0n) is 14.1. The van der Waals surface area contributed by atoms with E-state index in [4.69, 9.17) is 0 Å². The van der Waals surface area contributed by atoms with Crippen LogP contribution in [-0.2, 0) is 14.8 Å². The van der Waals surface area contributed by atoms with E-state index in [1.165, 1.54) is 42.7 Å². The summed E-state index contributed by atoms with van der Waals surface area (Å²) in [5.74, 6) is 1.19. The quantitative estimate of drug-likeness (QED) is 0.705. The third-order valence-corrected chi connectivity index (χ3v) is 7.59. The maximum atomic E-state index is 12.1. The minimum absolute atomic E-state index is 0.0287. The lowest BCUT2D eigenvalue weighted by molar-refractivity contribution is -0.126. The van der Waals surface area contributed by atoms with Gasteiger partial charge in [-0.15, -0.1) is 0 Å². The predicted octanol–water partition coefficient (Wildman–Crippen LogP) is 2.23. The number of carbonyl (C=O) groups excluding carboxylic acids is 1. The lowest BCUT2D eigenvalue weighted by Crippen LogP contribution is -2.42. The van der Waals surface area contributed by atoms with Crippen molar-refractivity contribution in [3.05, 3.63) is 0 Å². The van der Waals surface area contributed by atoms with Crippen molar-refractivity contribution in [2.24, 2.45) is 5.92 Å². The molecule has 2 fully saturated rings. The van der Waals surface area contributed by atoms with E-state index in [2.05, 4.69) is 17.1 Å². The molecule has 1 aliphatic carbocycles. The number of carbonyl (C=O) groups is 1. The van der Waals surface area contributed by atoms with Crippen LogP contribution in [0.4, 0.5) is 0 Å². The number of amides is 1. The van der Waals surface area contributed by atoms with Crippen LogP contribution in [0.2, 0.25) is 0 Å². The maximum Gasteiger partial charge on any atom is 0.223 e. The van der Waals surface area contributed by atoms with Gasteiger partial charge < -0.3 is 5.32 Å². The molecule has 0 aromatic rings. The average Bonchev–Trinajstić information content (AvgIpc) is 2.54. The molecule has 2 aliphatic rings. The number of rotatable bonds is 7. The Hall–Kier alpha value is -0.270. The van der Waals surface area contributed by atoms with E-state index in [0.717, 1.165) is 24.0 Å². The Labute approximate surface area is 145 Å². The average molecular weight is 363 g/mol. The first-order chi connectivity index (χ1) is 11.0. The molecule has 2 rings (SSSR count). The Kier molecular flexibility index (Phi) is 7.69. The molecular weight excluding hydrogens is 332 g/mol. The van der Waals surface area contributed by atoms with Crippen molar-refractivity contribution < 1.29 is 13.2 Å². The van der Waals surface area contributed by atoms with Crippen LogP contribution in [0.3, 0.4) is 0 Å². The highest BCUT2D eigenvalue weighted by molar-refractivity contribution is 7.99. The van der Waals surface area contributed by atoms with Crippen LogP contribution in [0.5, 0.6) is 0 Å². The number of sulfonamides is 1. The number of piperidine rings is 1. The molecule has 0 radical (unpaired) electrons. The second-order valence-corrected chi connectivity index (χ2v) is 10.1. The van der Waals surface area contributed by atoms with Gasteiger partial charge in [0.1, 0.15) is 0 Å². The number of hydrogen-bond donors (Lipinski definition) is 1. The molecule has 1 aliphatic heterocycles. The van der Waals surface area contributed by atoms with Gasteiger partial charge in [0.05, 0.1) is 6.26 Å². The Bertz CT molecular complexity index is 468. The van der Waals surface area contributed by atoms with E-state index in [0.29, 0.717) is 25.9 Å². The number of thioether (sulfide) groups is 1. The van der Waals surface area contributed by atoms with Crippen LogP contribution in [0.25, 0.3) is 0 Å². The van der Waals surface area contributed by atoms with Crippen molar-refractivity contribution in [2.45, 2.75) is 56.6 Å². The van der Waals surface area contributed by atoms with Crippen LogP contribution < -0.4 is 5.32 Å². The van der Waals surface area contributed by atoms with E-state index in [-0.39, 0.29) is 11.8 Å². The third kappa shape index (κ3) is 6.63. The zero-order chi connectivity index (χ0) is 16.7. The Morgan fingerprint density at radius 3 is 2.39 bits per heavy atom. The fourth-order valence-corrected chi connectivity index (χ4v) is 5.54. The highest BCUT2D eigenvalue weighted by atomic mass is 32.2. The van der Waals surface area contributed by atoms with Crippen LogP contribution in [-0.4, -0.2) is 55.5 Å². The van der Waals surface area contributed by atoms with Crippen molar-refractivity contribution in [1.29, 1.82) is 0 Å². The van der Waals surface area contributed by atoms with Gasteiger partial charge in [-0.3, -0.25) is 4.79 Å². The molecule has 5 nitrogen and oxygen atoms in total. The summed E-state index contributed by atoms with van der Waals surface area (Å²) in [7, 11) is -3.11. The van der Waals surface area contributed by atoms with Gasteiger partial charge in [-0.2, -0.15) is 11.8 Å². The standard InChI is InChI=1S/C16H30N2O3S2/c1-23(20,21)18-11-8-14(9-12-18)16(19)17-10-5-13-22-15-6-3-2-4-7-15/h14-15H,2-13H2,1H3,(H,17,19). The summed E-state index contributed by atoms with van der Waals surface area (Å²) in [6.45, 7) is 1.67. The fraction of sp³-hybridized carbons (Fsp3) is 0.938. The molecule has 0 unspecified atom stereocenters. The third-order valence-electron chi connectivity index (χ3n) is 4.82. The van der Waals surface area contributed by atoms with Gasteiger partial charge in [0.2, 0.25) is 15.9 Å². The summed E-state index contributed by atoms with van der Waals surface area (Å²) >= 11 is 2.06. The first kappa shape index (κ1) is 19.1. The Balaban J connectivity index is 1.55. The minimum atomic E-state index is -3.11. The second-order valence-electron chi connectivity index (χ2n) is 6.71. The molecule has 0 aromatic heterocycles. The minimum Gasteiger partial charge on any atom is -0.356 e. The van der Waals surface area contributed by atoms with Gasteiger partial charge in [-0.1, -0.05) is 19.3 Å². The molecular formula is C16H30N2O3S2. The van der Waals surface area contributed by atoms with Crippen molar-refractivity contribution in [1.82, 2.24) is 9.62 Å². The second kappa shape index (κ2) is 9.28. The van der Waals surface area contributed by atoms with Gasteiger partial charge in [-0.25, -0.2) is 12.7 Å². The molecule has 0 aromatic carbocycles. The first-order valence-corrected chi connectivity index (χ1v) is 11.7. The summed E-state index contributed by atoms with van der Waals surface area (Å²) in [6, 6.07) is 0. The fourth-order valence-electron chi connectivity index (χ4n) is 3.36. The Morgan fingerprint density at radius 2 is 1.78 bits per heavy atom. The number of hydrogen-bond acceptors (Lipinski definition) is 4. The maximum absolute atomic E-state index is 12.1. The Morgan fingerprint density at radius 1 is 1.13 bits per heavy atom. The van der Waals surface area contributed by atoms with Gasteiger partial charge in [-0.05, 0) is 37.9 Å². The van der Waals surface area contributed by atoms with Crippen LogP contribution in [0, 0.1) is 5.92 Å². The first-order valence-electron chi connectivity index (χ1n) is 8.81. The van der Waals surface area contributed by atoms with Gasteiger partial charge in [0.15, 0.2) is 0 Å². The van der Waals surface area contributed by atoms with Crippen LogP contribution in [0.15, 0.2) is 0 Å². The summed E-state index contributed by atoms with van der Waals surface area (Å²) in [5.41, 5.74) is 0.